The van der Waals surface area contributed by atoms with E-state index in [1.165, 1.54) is 0 Å². The molecule has 1 aliphatic heterocycles. The van der Waals surface area contributed by atoms with Gasteiger partial charge in [-0.2, -0.15) is 0 Å². The lowest BCUT2D eigenvalue weighted by atomic mass is 9.80. The molecule has 5 nitrogen and oxygen atoms in total. The van der Waals surface area contributed by atoms with Crippen molar-refractivity contribution in [3.8, 4) is 0 Å². The van der Waals surface area contributed by atoms with Crippen molar-refractivity contribution in [3.05, 3.63) is 34.3 Å². The maximum atomic E-state index is 12.3. The molecule has 132 valence electrons. The number of likely N-dealkylation sites (tertiary alicyclic amines) is 1. The Morgan fingerprint density at radius 2 is 2.00 bits per heavy atom. The van der Waals surface area contributed by atoms with E-state index in [2.05, 4.69) is 0 Å². The fraction of sp³-hybridized carbons (Fsp3) is 0.556. The predicted molar refractivity (Wildman–Crippen MR) is 92.5 cm³/mol. The molecule has 1 N–H and O–H groups in total. The Morgan fingerprint density at radius 3 is 2.54 bits per heavy atom. The number of piperidine rings is 1. The smallest absolute Gasteiger partial charge is 0.410 e. The van der Waals surface area contributed by atoms with Gasteiger partial charge >= 0.3 is 12.1 Å². The Balaban J connectivity index is 2.25. The molecular weight excluding hydrogens is 330 g/mol. The molecule has 1 heterocycles. The molecule has 1 aromatic rings. The van der Waals surface area contributed by atoms with Gasteiger partial charge in [-0.1, -0.05) is 23.7 Å². The van der Waals surface area contributed by atoms with Crippen molar-refractivity contribution >= 4 is 23.7 Å². The van der Waals surface area contributed by atoms with Gasteiger partial charge in [0.05, 0.1) is 5.92 Å². The Morgan fingerprint density at radius 1 is 1.33 bits per heavy atom. The van der Waals surface area contributed by atoms with E-state index in [4.69, 9.17) is 16.3 Å². The van der Waals surface area contributed by atoms with E-state index >= 15 is 0 Å². The van der Waals surface area contributed by atoms with Crippen LogP contribution in [0.2, 0.25) is 5.02 Å². The molecule has 0 saturated carbocycles. The van der Waals surface area contributed by atoms with Gasteiger partial charge in [-0.15, -0.1) is 0 Å². The lowest BCUT2D eigenvalue weighted by Crippen LogP contribution is -2.46. The van der Waals surface area contributed by atoms with E-state index in [1.807, 2.05) is 39.8 Å². The SMILES string of the molecule is Cc1cc(C2CN(C(=O)OC(C)(C)C)CCC2C(=O)O)ccc1Cl. The predicted octanol–water partition coefficient (Wildman–Crippen LogP) is 4.07. The summed E-state index contributed by atoms with van der Waals surface area (Å²) in [4.78, 5) is 25.6. The lowest BCUT2D eigenvalue weighted by molar-refractivity contribution is -0.144. The first-order chi connectivity index (χ1) is 11.1. The highest BCUT2D eigenvalue weighted by atomic mass is 35.5. The molecule has 0 aromatic heterocycles. The third kappa shape index (κ3) is 4.41. The summed E-state index contributed by atoms with van der Waals surface area (Å²) in [7, 11) is 0. The zero-order valence-electron chi connectivity index (χ0n) is 14.5. The first-order valence-electron chi connectivity index (χ1n) is 8.05. The Labute approximate surface area is 147 Å². The number of aliphatic carboxylic acids is 1. The normalized spacial score (nSPS) is 21.5. The maximum Gasteiger partial charge on any atom is 0.410 e. The van der Waals surface area contributed by atoms with Crippen LogP contribution in [0.15, 0.2) is 18.2 Å². The van der Waals surface area contributed by atoms with Crippen LogP contribution in [0.25, 0.3) is 0 Å². The van der Waals surface area contributed by atoms with Crippen LogP contribution in [0.4, 0.5) is 4.79 Å². The number of carboxylic acids is 1. The van der Waals surface area contributed by atoms with Crippen LogP contribution in [0.5, 0.6) is 0 Å². The summed E-state index contributed by atoms with van der Waals surface area (Å²) in [5.74, 6) is -1.64. The van der Waals surface area contributed by atoms with Gasteiger partial charge in [0.2, 0.25) is 0 Å². The van der Waals surface area contributed by atoms with Crippen LogP contribution >= 0.6 is 11.6 Å². The van der Waals surface area contributed by atoms with E-state index in [0.29, 0.717) is 24.5 Å². The minimum atomic E-state index is -0.837. The van der Waals surface area contributed by atoms with Crippen molar-refractivity contribution in [2.45, 2.75) is 45.6 Å². The van der Waals surface area contributed by atoms with Gasteiger partial charge in [-0.3, -0.25) is 4.79 Å². The summed E-state index contributed by atoms with van der Waals surface area (Å²) in [6.45, 7) is 8.04. The van der Waals surface area contributed by atoms with Crippen molar-refractivity contribution in [1.82, 2.24) is 4.90 Å². The average Bonchev–Trinajstić information content (AvgIpc) is 2.47. The van der Waals surface area contributed by atoms with Crippen LogP contribution in [-0.2, 0) is 9.53 Å². The largest absolute Gasteiger partial charge is 0.481 e. The van der Waals surface area contributed by atoms with Crippen LogP contribution in [0.1, 0.15) is 44.2 Å². The summed E-state index contributed by atoms with van der Waals surface area (Å²) in [6, 6.07) is 5.52. The third-order valence-corrected chi connectivity index (χ3v) is 4.62. The molecule has 0 spiro atoms. The highest BCUT2D eigenvalue weighted by Gasteiger charge is 2.38. The van der Waals surface area contributed by atoms with E-state index < -0.39 is 23.6 Å². The molecule has 0 aliphatic carbocycles. The van der Waals surface area contributed by atoms with Gasteiger partial charge in [0.1, 0.15) is 5.60 Å². The minimum Gasteiger partial charge on any atom is -0.481 e. The third-order valence-electron chi connectivity index (χ3n) is 4.19. The molecule has 1 amide bonds. The standard InChI is InChI=1S/C18H24ClNO4/c1-11-9-12(5-6-15(11)19)14-10-20(8-7-13(14)16(21)22)17(23)24-18(2,3)4/h5-6,9,13-14H,7-8,10H2,1-4H3,(H,21,22). The van der Waals surface area contributed by atoms with E-state index in [0.717, 1.165) is 11.1 Å². The molecule has 6 heteroatoms. The Bertz CT molecular complexity index is 638. The number of ether oxygens (including phenoxy) is 1. The van der Waals surface area contributed by atoms with Crippen molar-refractivity contribution in [1.29, 1.82) is 0 Å². The number of carbonyl (C=O) groups excluding carboxylic acids is 1. The quantitative estimate of drug-likeness (QED) is 0.870. The van der Waals surface area contributed by atoms with Gasteiger partial charge in [0.15, 0.2) is 0 Å². The highest BCUT2D eigenvalue weighted by Crippen LogP contribution is 2.34. The maximum absolute atomic E-state index is 12.3. The molecule has 1 fully saturated rings. The van der Waals surface area contributed by atoms with E-state index in [-0.39, 0.29) is 5.92 Å². The summed E-state index contributed by atoms with van der Waals surface area (Å²) in [6.07, 6.45) is 0.00278. The number of carboxylic acid groups (broad SMARTS) is 1. The van der Waals surface area contributed by atoms with Crippen LogP contribution in [-0.4, -0.2) is 40.8 Å². The lowest BCUT2D eigenvalue weighted by Gasteiger charge is -2.37. The Hall–Kier alpha value is -1.75. The summed E-state index contributed by atoms with van der Waals surface area (Å²) >= 11 is 6.07. The molecule has 2 unspecified atom stereocenters. The van der Waals surface area contributed by atoms with Crippen molar-refractivity contribution in [2.24, 2.45) is 5.92 Å². The van der Waals surface area contributed by atoms with Crippen molar-refractivity contribution in [2.75, 3.05) is 13.1 Å². The van der Waals surface area contributed by atoms with Crippen molar-refractivity contribution in [3.63, 3.8) is 0 Å². The zero-order chi connectivity index (χ0) is 18.1. The molecule has 2 atom stereocenters. The van der Waals surface area contributed by atoms with E-state index in [1.54, 1.807) is 11.0 Å². The number of aryl methyl sites for hydroxylation is 1. The highest BCUT2D eigenvalue weighted by molar-refractivity contribution is 6.31. The fourth-order valence-electron chi connectivity index (χ4n) is 2.98. The van der Waals surface area contributed by atoms with Gasteiger partial charge in [-0.25, -0.2) is 4.79 Å². The number of halogens is 1. The van der Waals surface area contributed by atoms with E-state index in [9.17, 15) is 14.7 Å². The molecule has 24 heavy (non-hydrogen) atoms. The second-order valence-corrected chi connectivity index (χ2v) is 7.68. The van der Waals surface area contributed by atoms with Gasteiger partial charge in [0.25, 0.3) is 0 Å². The summed E-state index contributed by atoms with van der Waals surface area (Å²) in [5.41, 5.74) is 1.21. The number of rotatable bonds is 2. The van der Waals surface area contributed by atoms with Crippen LogP contribution in [0.3, 0.4) is 0 Å². The van der Waals surface area contributed by atoms with Crippen LogP contribution in [0, 0.1) is 12.8 Å². The zero-order valence-corrected chi connectivity index (χ0v) is 15.3. The molecule has 1 aromatic carbocycles. The second-order valence-electron chi connectivity index (χ2n) is 7.27. The fourth-order valence-corrected chi connectivity index (χ4v) is 3.09. The minimum absolute atomic E-state index is 0.278. The summed E-state index contributed by atoms with van der Waals surface area (Å²) < 4.78 is 5.42. The topological polar surface area (TPSA) is 66.8 Å². The van der Waals surface area contributed by atoms with Crippen LogP contribution < -0.4 is 0 Å². The number of nitrogens with zero attached hydrogens (tertiary/aromatic N) is 1. The number of amides is 1. The molecule has 1 saturated heterocycles. The Kier molecular flexibility index (Phi) is 5.43. The number of carbonyl (C=O) groups is 2. The molecular formula is C18H24ClNO4. The molecule has 2 rings (SSSR count). The van der Waals surface area contributed by atoms with Gasteiger partial charge < -0.3 is 14.7 Å². The second kappa shape index (κ2) is 7.01. The number of benzene rings is 1. The molecule has 0 radical (unpaired) electrons. The van der Waals surface area contributed by atoms with Gasteiger partial charge in [0, 0.05) is 24.0 Å². The average molecular weight is 354 g/mol. The molecule has 1 aliphatic rings. The van der Waals surface area contributed by atoms with Crippen molar-refractivity contribution < 1.29 is 19.4 Å². The van der Waals surface area contributed by atoms with Gasteiger partial charge in [-0.05, 0) is 51.3 Å². The first-order valence-corrected chi connectivity index (χ1v) is 8.43. The number of hydrogen-bond donors (Lipinski definition) is 1. The monoisotopic (exact) mass is 353 g/mol. The summed E-state index contributed by atoms with van der Waals surface area (Å²) in [5, 5.41) is 10.2. The molecule has 0 bridgehead atoms. The first kappa shape index (κ1) is 18.6. The number of hydrogen-bond acceptors (Lipinski definition) is 3.